The van der Waals surface area contributed by atoms with Crippen LogP contribution in [-0.4, -0.2) is 38.5 Å². The first-order valence-electron chi connectivity index (χ1n) is 7.71. The van der Waals surface area contributed by atoms with Gasteiger partial charge in [0.2, 0.25) is 0 Å². The second-order valence-corrected chi connectivity index (χ2v) is 5.80. The van der Waals surface area contributed by atoms with E-state index in [9.17, 15) is 0 Å². The minimum absolute atomic E-state index is 0.0626. The summed E-state index contributed by atoms with van der Waals surface area (Å²) in [7, 11) is 2.09. The molecule has 2 unspecified atom stereocenters. The topological polar surface area (TPSA) is 30.5 Å². The van der Waals surface area contributed by atoms with Gasteiger partial charge >= 0.3 is 0 Å². The summed E-state index contributed by atoms with van der Waals surface area (Å²) in [6, 6.07) is 0.457. The molecule has 0 spiro atoms. The summed E-state index contributed by atoms with van der Waals surface area (Å²) in [5.41, 5.74) is 0.0626. The van der Waals surface area contributed by atoms with Crippen LogP contribution in [0, 0.1) is 5.92 Å². The van der Waals surface area contributed by atoms with Gasteiger partial charge in [-0.25, -0.2) is 0 Å². The summed E-state index contributed by atoms with van der Waals surface area (Å²) in [5, 5.41) is 3.56. The Hall–Kier alpha value is -0.120. The molecule has 1 aliphatic heterocycles. The van der Waals surface area contributed by atoms with Gasteiger partial charge < -0.3 is 14.8 Å². The van der Waals surface area contributed by atoms with Crippen molar-refractivity contribution >= 4 is 0 Å². The van der Waals surface area contributed by atoms with E-state index in [2.05, 4.69) is 19.3 Å². The lowest BCUT2D eigenvalue weighted by atomic mass is 9.73. The van der Waals surface area contributed by atoms with E-state index in [1.165, 1.54) is 44.9 Å². The van der Waals surface area contributed by atoms with E-state index in [-0.39, 0.29) is 5.60 Å². The highest BCUT2D eigenvalue weighted by Gasteiger charge is 2.43. The fourth-order valence-electron chi connectivity index (χ4n) is 3.94. The number of nitrogens with one attached hydrogen (secondary N) is 1. The number of ether oxygens (including phenoxy) is 2. The molecular formula is C15H29NO2. The van der Waals surface area contributed by atoms with E-state index in [4.69, 9.17) is 9.47 Å². The number of hydrogen-bond acceptors (Lipinski definition) is 3. The summed E-state index contributed by atoms with van der Waals surface area (Å²) < 4.78 is 11.9. The van der Waals surface area contributed by atoms with Gasteiger partial charge in [-0.05, 0) is 39.7 Å². The van der Waals surface area contributed by atoms with Crippen molar-refractivity contribution in [1.82, 2.24) is 5.32 Å². The lowest BCUT2D eigenvalue weighted by Gasteiger charge is -2.47. The molecule has 1 N–H and O–H groups in total. The Morgan fingerprint density at radius 3 is 2.61 bits per heavy atom. The standard InChI is InChI=1S/C15H29NO2/c1-3-18-15(9-5-4-6-10-15)14(16-2)13-8-7-11-17-12-13/h13-14,16H,3-12H2,1-2H3. The van der Waals surface area contributed by atoms with Crippen LogP contribution < -0.4 is 5.32 Å². The molecule has 2 aliphatic rings. The van der Waals surface area contributed by atoms with Crippen molar-refractivity contribution < 1.29 is 9.47 Å². The lowest BCUT2D eigenvalue weighted by molar-refractivity contribution is -0.114. The Morgan fingerprint density at radius 2 is 2.06 bits per heavy atom. The van der Waals surface area contributed by atoms with Gasteiger partial charge in [0, 0.05) is 25.2 Å². The van der Waals surface area contributed by atoms with Gasteiger partial charge in [-0.1, -0.05) is 19.3 Å². The second kappa shape index (κ2) is 6.88. The van der Waals surface area contributed by atoms with Crippen LogP contribution in [0.25, 0.3) is 0 Å². The van der Waals surface area contributed by atoms with Crippen molar-refractivity contribution in [2.75, 3.05) is 26.9 Å². The highest BCUT2D eigenvalue weighted by Crippen LogP contribution is 2.38. The molecule has 1 saturated carbocycles. The molecule has 0 aromatic heterocycles. The molecule has 2 fully saturated rings. The van der Waals surface area contributed by atoms with Crippen LogP contribution in [0.5, 0.6) is 0 Å². The lowest BCUT2D eigenvalue weighted by Crippen LogP contribution is -2.57. The van der Waals surface area contributed by atoms with E-state index in [1.807, 2.05) is 0 Å². The highest BCUT2D eigenvalue weighted by molar-refractivity contribution is 4.98. The minimum Gasteiger partial charge on any atom is -0.381 e. The van der Waals surface area contributed by atoms with Crippen molar-refractivity contribution in [2.45, 2.75) is 63.5 Å². The number of likely N-dealkylation sites (N-methyl/N-ethyl adjacent to an activating group) is 1. The van der Waals surface area contributed by atoms with Crippen LogP contribution in [0.2, 0.25) is 0 Å². The van der Waals surface area contributed by atoms with E-state index in [0.717, 1.165) is 19.8 Å². The Balaban J connectivity index is 2.09. The van der Waals surface area contributed by atoms with E-state index >= 15 is 0 Å². The fourth-order valence-corrected chi connectivity index (χ4v) is 3.94. The monoisotopic (exact) mass is 255 g/mol. The van der Waals surface area contributed by atoms with Gasteiger partial charge in [0.1, 0.15) is 0 Å². The van der Waals surface area contributed by atoms with Crippen molar-refractivity contribution in [3.05, 3.63) is 0 Å². The maximum absolute atomic E-state index is 6.26. The summed E-state index contributed by atoms with van der Waals surface area (Å²) >= 11 is 0. The molecule has 0 aromatic rings. The molecule has 2 atom stereocenters. The molecule has 0 aromatic carbocycles. The van der Waals surface area contributed by atoms with Gasteiger partial charge in [-0.15, -0.1) is 0 Å². The molecule has 2 rings (SSSR count). The zero-order valence-electron chi connectivity index (χ0n) is 12.0. The van der Waals surface area contributed by atoms with E-state index < -0.39 is 0 Å². The molecule has 106 valence electrons. The normalized spacial score (nSPS) is 30.0. The van der Waals surface area contributed by atoms with E-state index in [0.29, 0.717) is 12.0 Å². The van der Waals surface area contributed by atoms with Crippen LogP contribution >= 0.6 is 0 Å². The maximum atomic E-state index is 6.26. The molecule has 18 heavy (non-hydrogen) atoms. The van der Waals surface area contributed by atoms with Crippen molar-refractivity contribution in [3.63, 3.8) is 0 Å². The number of rotatable bonds is 5. The smallest absolute Gasteiger partial charge is 0.0838 e. The third-order valence-corrected chi connectivity index (χ3v) is 4.68. The zero-order valence-corrected chi connectivity index (χ0v) is 12.0. The van der Waals surface area contributed by atoms with Gasteiger partial charge in [0.15, 0.2) is 0 Å². The first-order valence-corrected chi connectivity index (χ1v) is 7.71. The Bertz CT molecular complexity index is 227. The summed E-state index contributed by atoms with van der Waals surface area (Å²) in [5.74, 6) is 0.619. The molecule has 1 aliphatic carbocycles. The average molecular weight is 255 g/mol. The summed E-state index contributed by atoms with van der Waals surface area (Å²) in [6.45, 7) is 4.79. The van der Waals surface area contributed by atoms with Crippen LogP contribution in [-0.2, 0) is 9.47 Å². The molecule has 0 amide bonds. The van der Waals surface area contributed by atoms with Gasteiger partial charge in [0.25, 0.3) is 0 Å². The average Bonchev–Trinajstić information content (AvgIpc) is 2.42. The predicted molar refractivity (Wildman–Crippen MR) is 73.8 cm³/mol. The molecule has 1 heterocycles. The van der Waals surface area contributed by atoms with Crippen LogP contribution in [0.4, 0.5) is 0 Å². The summed E-state index contributed by atoms with van der Waals surface area (Å²) in [6.07, 6.45) is 8.89. The molecule has 3 heteroatoms. The zero-order chi connectivity index (χ0) is 12.8. The molecule has 3 nitrogen and oxygen atoms in total. The minimum atomic E-state index is 0.0626. The predicted octanol–water partition coefficient (Wildman–Crippen LogP) is 2.74. The Morgan fingerprint density at radius 1 is 1.28 bits per heavy atom. The first kappa shape index (κ1) is 14.3. The van der Waals surface area contributed by atoms with Crippen LogP contribution in [0.3, 0.4) is 0 Å². The largest absolute Gasteiger partial charge is 0.381 e. The highest BCUT2D eigenvalue weighted by atomic mass is 16.5. The SMILES string of the molecule is CCOC1(C(NC)C2CCCOC2)CCCCC1. The molecule has 1 saturated heterocycles. The number of hydrogen-bond donors (Lipinski definition) is 1. The molecule has 0 bridgehead atoms. The van der Waals surface area contributed by atoms with Gasteiger partial charge in [-0.2, -0.15) is 0 Å². The van der Waals surface area contributed by atoms with Crippen LogP contribution in [0.1, 0.15) is 51.9 Å². The summed E-state index contributed by atoms with van der Waals surface area (Å²) in [4.78, 5) is 0. The first-order chi connectivity index (χ1) is 8.82. The van der Waals surface area contributed by atoms with Crippen molar-refractivity contribution in [3.8, 4) is 0 Å². The molecule has 0 radical (unpaired) electrons. The van der Waals surface area contributed by atoms with Crippen molar-refractivity contribution in [2.24, 2.45) is 5.92 Å². The van der Waals surface area contributed by atoms with Gasteiger partial charge in [0.05, 0.1) is 12.2 Å². The third-order valence-electron chi connectivity index (χ3n) is 4.68. The second-order valence-electron chi connectivity index (χ2n) is 5.80. The van der Waals surface area contributed by atoms with E-state index in [1.54, 1.807) is 0 Å². The fraction of sp³-hybridized carbons (Fsp3) is 1.00. The maximum Gasteiger partial charge on any atom is 0.0838 e. The third kappa shape index (κ3) is 3.06. The van der Waals surface area contributed by atoms with Crippen molar-refractivity contribution in [1.29, 1.82) is 0 Å². The molecular weight excluding hydrogens is 226 g/mol. The quantitative estimate of drug-likeness (QED) is 0.819. The Kier molecular flexibility index (Phi) is 5.46. The Labute approximate surface area is 112 Å². The van der Waals surface area contributed by atoms with Gasteiger partial charge in [-0.3, -0.25) is 0 Å². The van der Waals surface area contributed by atoms with Crippen LogP contribution in [0.15, 0.2) is 0 Å².